The number of thiophene rings is 2. The van der Waals surface area contributed by atoms with Crippen molar-refractivity contribution in [3.63, 3.8) is 0 Å². The second kappa shape index (κ2) is 9.75. The zero-order valence-corrected chi connectivity index (χ0v) is 20.2. The highest BCUT2D eigenvalue weighted by atomic mass is 35.5. The fraction of sp³-hybridized carbons (Fsp3) is 0.500. The molecule has 11 nitrogen and oxygen atoms in total. The van der Waals surface area contributed by atoms with Crippen LogP contribution in [0.3, 0.4) is 0 Å². The molecule has 2 aromatic rings. The minimum Gasteiger partial charge on any atom is -0.378 e. The van der Waals surface area contributed by atoms with Gasteiger partial charge in [0.1, 0.15) is 30.8 Å². The summed E-state index contributed by atoms with van der Waals surface area (Å²) in [6.07, 6.45) is 0. The molecule has 2 aromatic heterocycles. The Morgan fingerprint density at radius 1 is 0.781 bits per heavy atom. The second-order valence-electron chi connectivity index (χ2n) is 6.70. The third kappa shape index (κ3) is 4.32. The molecule has 0 aromatic carbocycles. The van der Waals surface area contributed by atoms with Gasteiger partial charge in [-0.1, -0.05) is 23.2 Å². The van der Waals surface area contributed by atoms with Gasteiger partial charge in [-0.05, 0) is 0 Å². The minimum absolute atomic E-state index is 0.0978. The van der Waals surface area contributed by atoms with Gasteiger partial charge in [-0.25, -0.2) is 4.21 Å². The maximum Gasteiger partial charge on any atom is 0.321 e. The molecule has 2 aliphatic heterocycles. The number of hydrogen-bond donors (Lipinski definition) is 0. The normalized spacial score (nSPS) is 17.2. The molecule has 0 bridgehead atoms. The Morgan fingerprint density at radius 3 is 1.44 bits per heavy atom. The molecule has 0 saturated carbocycles. The lowest BCUT2D eigenvalue weighted by atomic mass is 10.3. The molecule has 0 unspecified atom stereocenters. The van der Waals surface area contributed by atoms with Gasteiger partial charge in [0.05, 0.1) is 36.3 Å². The Hall–Kier alpha value is -1.55. The molecular formula is C16H16Cl2N4O7S3. The Kier molecular flexibility index (Phi) is 7.19. The number of halogens is 2. The van der Waals surface area contributed by atoms with E-state index in [-0.39, 0.29) is 28.5 Å². The highest BCUT2D eigenvalue weighted by Gasteiger charge is 2.40. The molecule has 174 valence electrons. The van der Waals surface area contributed by atoms with Gasteiger partial charge in [0.2, 0.25) is 0 Å². The monoisotopic (exact) mass is 542 g/mol. The summed E-state index contributed by atoms with van der Waals surface area (Å²) in [6, 6.07) is 0. The van der Waals surface area contributed by atoms with E-state index < -0.39 is 32.0 Å². The fourth-order valence-electron chi connectivity index (χ4n) is 3.52. The van der Waals surface area contributed by atoms with E-state index in [1.165, 1.54) is 0 Å². The quantitative estimate of drug-likeness (QED) is 0.395. The molecule has 4 rings (SSSR count). The van der Waals surface area contributed by atoms with E-state index in [9.17, 15) is 24.4 Å². The van der Waals surface area contributed by atoms with Crippen LogP contribution in [0.5, 0.6) is 0 Å². The van der Waals surface area contributed by atoms with Gasteiger partial charge in [0, 0.05) is 26.2 Å². The van der Waals surface area contributed by atoms with Crippen LogP contribution < -0.4 is 9.80 Å². The number of morpholine rings is 2. The lowest BCUT2D eigenvalue weighted by Crippen LogP contribution is -2.36. The summed E-state index contributed by atoms with van der Waals surface area (Å²) in [7, 11) is -2.23. The van der Waals surface area contributed by atoms with Crippen LogP contribution in [0.1, 0.15) is 0 Å². The number of rotatable bonds is 6. The minimum atomic E-state index is -2.23. The number of nitro groups is 2. The van der Waals surface area contributed by atoms with E-state index in [4.69, 9.17) is 32.7 Å². The van der Waals surface area contributed by atoms with E-state index in [2.05, 4.69) is 0 Å². The molecular weight excluding hydrogens is 527 g/mol. The molecule has 2 fully saturated rings. The average molecular weight is 543 g/mol. The lowest BCUT2D eigenvalue weighted by molar-refractivity contribution is -0.386. The summed E-state index contributed by atoms with van der Waals surface area (Å²) >= 11 is 14.2. The first-order valence-corrected chi connectivity index (χ1v) is 12.9. The molecule has 2 saturated heterocycles. The topological polar surface area (TPSA) is 128 Å². The third-order valence-electron chi connectivity index (χ3n) is 4.93. The van der Waals surface area contributed by atoms with Crippen molar-refractivity contribution in [2.45, 2.75) is 8.42 Å². The number of ether oxygens (including phenoxy) is 2. The Balaban J connectivity index is 1.81. The van der Waals surface area contributed by atoms with Gasteiger partial charge in [-0.3, -0.25) is 20.2 Å². The Morgan fingerprint density at radius 2 is 1.12 bits per heavy atom. The van der Waals surface area contributed by atoms with Gasteiger partial charge >= 0.3 is 11.4 Å². The standard InChI is InChI=1S/C16H16Cl2N4O7S3/c17-13-9(19-1-5-28-6-2-19)11(21(23)24)15(30-13)32(27)16-12(22(25)26)10(14(18)31-16)20-3-7-29-8-4-20/h1-8H2. The number of nitrogens with zero attached hydrogens (tertiary/aromatic N) is 4. The van der Waals surface area contributed by atoms with Crippen molar-refractivity contribution in [3.05, 3.63) is 28.9 Å². The number of hydrogen-bond acceptors (Lipinski definition) is 11. The zero-order valence-electron chi connectivity index (χ0n) is 16.3. The summed E-state index contributed by atoms with van der Waals surface area (Å²) in [5, 5.41) is 23.9. The van der Waals surface area contributed by atoms with Crippen LogP contribution in [-0.4, -0.2) is 66.7 Å². The van der Waals surface area contributed by atoms with Crippen LogP contribution in [0, 0.1) is 20.2 Å². The average Bonchev–Trinajstić information content (AvgIpc) is 3.31. The summed E-state index contributed by atoms with van der Waals surface area (Å²) in [4.78, 5) is 26.0. The van der Waals surface area contributed by atoms with Gasteiger partial charge in [0.25, 0.3) is 0 Å². The molecule has 0 atom stereocenters. The van der Waals surface area contributed by atoms with Crippen LogP contribution in [0.25, 0.3) is 0 Å². The van der Waals surface area contributed by atoms with Crippen molar-refractivity contribution in [3.8, 4) is 0 Å². The summed E-state index contributed by atoms with van der Waals surface area (Å²) < 4.78 is 24.0. The Labute approximate surface area is 202 Å². The third-order valence-corrected chi connectivity index (χ3v) is 9.72. The van der Waals surface area contributed by atoms with E-state index in [0.29, 0.717) is 52.6 Å². The van der Waals surface area contributed by atoms with Crippen LogP contribution in [-0.2, 0) is 20.3 Å². The molecule has 32 heavy (non-hydrogen) atoms. The fourth-order valence-corrected chi connectivity index (χ4v) is 8.80. The molecule has 16 heteroatoms. The van der Waals surface area contributed by atoms with Crippen LogP contribution in [0.4, 0.5) is 22.7 Å². The van der Waals surface area contributed by atoms with Crippen molar-refractivity contribution in [2.24, 2.45) is 0 Å². The van der Waals surface area contributed by atoms with Gasteiger partial charge < -0.3 is 19.3 Å². The van der Waals surface area contributed by atoms with E-state index in [1.54, 1.807) is 9.80 Å². The molecule has 0 N–H and O–H groups in total. The molecule has 0 radical (unpaired) electrons. The maximum absolute atomic E-state index is 13.5. The second-order valence-corrected chi connectivity index (χ2v) is 11.8. The van der Waals surface area contributed by atoms with E-state index in [0.717, 1.165) is 22.7 Å². The lowest BCUT2D eigenvalue weighted by Gasteiger charge is -2.27. The van der Waals surface area contributed by atoms with Gasteiger partial charge in [-0.15, -0.1) is 22.7 Å². The van der Waals surface area contributed by atoms with Crippen molar-refractivity contribution in [1.29, 1.82) is 0 Å². The predicted molar refractivity (Wildman–Crippen MR) is 123 cm³/mol. The van der Waals surface area contributed by atoms with Gasteiger partial charge in [-0.2, -0.15) is 0 Å². The molecule has 2 aliphatic rings. The highest BCUT2D eigenvalue weighted by molar-refractivity contribution is 7.90. The zero-order chi connectivity index (χ0) is 23.0. The number of anilines is 2. The van der Waals surface area contributed by atoms with E-state index >= 15 is 0 Å². The largest absolute Gasteiger partial charge is 0.378 e. The smallest absolute Gasteiger partial charge is 0.321 e. The Bertz CT molecular complexity index is 998. The molecule has 0 aliphatic carbocycles. The van der Waals surface area contributed by atoms with Crippen LogP contribution >= 0.6 is 45.9 Å². The molecule has 0 spiro atoms. The van der Waals surface area contributed by atoms with Crippen molar-refractivity contribution >= 4 is 79.4 Å². The summed E-state index contributed by atoms with van der Waals surface area (Å²) in [5.41, 5.74) is -0.502. The maximum atomic E-state index is 13.5. The molecule has 4 heterocycles. The predicted octanol–water partition coefficient (Wildman–Crippen LogP) is 3.77. The van der Waals surface area contributed by atoms with Crippen molar-refractivity contribution in [1.82, 2.24) is 0 Å². The first kappa shape index (κ1) is 23.6. The van der Waals surface area contributed by atoms with Crippen molar-refractivity contribution in [2.75, 3.05) is 62.4 Å². The van der Waals surface area contributed by atoms with Crippen LogP contribution in [0.15, 0.2) is 8.42 Å². The SMILES string of the molecule is O=[N+]([O-])c1c(S(=O)c2sc(Cl)c(N3CCOCC3)c2[N+](=O)[O-])sc(Cl)c1N1CCOCC1. The first-order valence-electron chi connectivity index (χ1n) is 9.31. The van der Waals surface area contributed by atoms with Crippen LogP contribution in [0.2, 0.25) is 8.67 Å². The van der Waals surface area contributed by atoms with E-state index in [1.807, 2.05) is 0 Å². The first-order chi connectivity index (χ1) is 15.3. The highest BCUT2D eigenvalue weighted by Crippen LogP contribution is 2.53. The van der Waals surface area contributed by atoms with Gasteiger partial charge in [0.15, 0.2) is 8.42 Å². The summed E-state index contributed by atoms with van der Waals surface area (Å²) in [6.45, 7) is 3.02. The molecule has 0 amide bonds. The summed E-state index contributed by atoms with van der Waals surface area (Å²) in [5.74, 6) is 0. The van der Waals surface area contributed by atoms with Crippen molar-refractivity contribution < 1.29 is 23.5 Å².